The third-order valence-electron chi connectivity index (χ3n) is 8.06. The highest BCUT2D eigenvalue weighted by molar-refractivity contribution is 5.26. The van der Waals surface area contributed by atoms with E-state index in [4.69, 9.17) is 4.74 Å². The lowest BCUT2D eigenvalue weighted by atomic mass is 9.45. The molecule has 0 heterocycles. The Morgan fingerprint density at radius 3 is 2.64 bits per heavy atom. The van der Waals surface area contributed by atoms with Crippen molar-refractivity contribution >= 4 is 0 Å². The topological polar surface area (TPSA) is 29.5 Å². The first-order valence-corrected chi connectivity index (χ1v) is 10.8. The number of fused-ring (bicyclic) bond motifs is 3. The van der Waals surface area contributed by atoms with Crippen LogP contribution in [0.1, 0.15) is 79.6 Å². The lowest BCUT2D eigenvalue weighted by Crippen LogP contribution is -2.56. The summed E-state index contributed by atoms with van der Waals surface area (Å²) in [7, 11) is 0. The van der Waals surface area contributed by atoms with E-state index < -0.39 is 0 Å². The van der Waals surface area contributed by atoms with Gasteiger partial charge in [0.15, 0.2) is 0 Å². The van der Waals surface area contributed by atoms with Crippen LogP contribution in [0.3, 0.4) is 0 Å². The number of allylic oxidation sites excluding steroid dienone is 1. The minimum absolute atomic E-state index is 0.0707. The maximum absolute atomic E-state index is 10.2. The molecule has 0 radical (unpaired) electrons. The summed E-state index contributed by atoms with van der Waals surface area (Å²) in [5.74, 6) is 2.68. The first-order valence-electron chi connectivity index (χ1n) is 10.8. The second kappa shape index (κ2) is 7.35. The Labute approximate surface area is 155 Å². The zero-order chi connectivity index (χ0) is 18.2. The van der Waals surface area contributed by atoms with Crippen LogP contribution >= 0.6 is 0 Å². The monoisotopic (exact) mass is 348 g/mol. The van der Waals surface area contributed by atoms with Gasteiger partial charge >= 0.3 is 0 Å². The van der Waals surface area contributed by atoms with Gasteiger partial charge in [-0.05, 0) is 78.6 Å². The molecule has 2 saturated carbocycles. The highest BCUT2D eigenvalue weighted by Crippen LogP contribution is 2.63. The quantitative estimate of drug-likeness (QED) is 0.655. The Balaban J connectivity index is 1.97. The first-order chi connectivity index (χ1) is 11.9. The van der Waals surface area contributed by atoms with E-state index in [1.54, 1.807) is 5.57 Å². The highest BCUT2D eigenvalue weighted by atomic mass is 16.5. The average Bonchev–Trinajstić information content (AvgIpc) is 2.60. The molecule has 3 rings (SSSR count). The predicted octanol–water partition coefficient (Wildman–Crippen LogP) is 5.60. The van der Waals surface area contributed by atoms with E-state index in [1.807, 2.05) is 0 Å². The fourth-order valence-electron chi connectivity index (χ4n) is 6.49. The molecule has 1 N–H and O–H groups in total. The standard InChI is InChI=1S/C23H40O2/c1-6-12-25-20-14-21-22(4,15-24)10-7-11-23(21,5)19-9-8-17(16(2)3)13-18(19)20/h13,16-17,19-21,24H,6-12,14-15H2,1-5H3/t17-,19+,20-,21+,22+,23-/m1/s1. The van der Waals surface area contributed by atoms with E-state index >= 15 is 0 Å². The van der Waals surface area contributed by atoms with Gasteiger partial charge in [-0.25, -0.2) is 0 Å². The van der Waals surface area contributed by atoms with Gasteiger partial charge in [0.05, 0.1) is 6.10 Å². The van der Waals surface area contributed by atoms with Crippen LogP contribution in [0.5, 0.6) is 0 Å². The van der Waals surface area contributed by atoms with Crippen LogP contribution in [0.2, 0.25) is 0 Å². The summed E-state index contributed by atoms with van der Waals surface area (Å²) in [4.78, 5) is 0. The highest BCUT2D eigenvalue weighted by Gasteiger charge is 2.57. The first kappa shape index (κ1) is 19.4. The molecule has 25 heavy (non-hydrogen) atoms. The van der Waals surface area contributed by atoms with Gasteiger partial charge in [-0.3, -0.25) is 0 Å². The van der Waals surface area contributed by atoms with Crippen LogP contribution in [0.25, 0.3) is 0 Å². The Morgan fingerprint density at radius 1 is 1.24 bits per heavy atom. The Hall–Kier alpha value is -0.340. The molecule has 0 spiro atoms. The fraction of sp³-hybridized carbons (Fsp3) is 0.913. The molecule has 3 aliphatic carbocycles. The summed E-state index contributed by atoms with van der Waals surface area (Å²) in [5, 5.41) is 10.2. The fourth-order valence-corrected chi connectivity index (χ4v) is 6.49. The lowest BCUT2D eigenvalue weighted by Gasteiger charge is -2.61. The Kier molecular flexibility index (Phi) is 5.71. The molecule has 0 amide bonds. The summed E-state index contributed by atoms with van der Waals surface area (Å²) in [6, 6.07) is 0. The van der Waals surface area contributed by atoms with Gasteiger partial charge < -0.3 is 9.84 Å². The molecule has 2 heteroatoms. The molecule has 144 valence electrons. The normalized spacial score (nSPS) is 44.2. The molecule has 6 atom stereocenters. The number of aliphatic hydroxyl groups excluding tert-OH is 1. The second-order valence-electron chi connectivity index (χ2n) is 10.0. The number of hydrogen-bond donors (Lipinski definition) is 1. The van der Waals surface area contributed by atoms with Crippen molar-refractivity contribution in [1.82, 2.24) is 0 Å². The number of ether oxygens (including phenoxy) is 1. The van der Waals surface area contributed by atoms with Crippen LogP contribution in [0.15, 0.2) is 11.6 Å². The van der Waals surface area contributed by atoms with E-state index in [1.165, 1.54) is 32.1 Å². The van der Waals surface area contributed by atoms with Gasteiger partial charge in [0.25, 0.3) is 0 Å². The summed E-state index contributed by atoms with van der Waals surface area (Å²) in [6.45, 7) is 13.0. The molecule has 0 unspecified atom stereocenters. The molecule has 2 fully saturated rings. The molecule has 0 aliphatic heterocycles. The molecule has 0 bridgehead atoms. The molecular formula is C23H40O2. The molecule has 0 aromatic carbocycles. The third kappa shape index (κ3) is 3.34. The third-order valence-corrected chi connectivity index (χ3v) is 8.06. The largest absolute Gasteiger partial charge is 0.396 e. The van der Waals surface area contributed by atoms with Gasteiger partial charge in [0, 0.05) is 13.2 Å². The summed E-state index contributed by atoms with van der Waals surface area (Å²) >= 11 is 0. The average molecular weight is 349 g/mol. The van der Waals surface area contributed by atoms with Crippen molar-refractivity contribution in [3.05, 3.63) is 11.6 Å². The Bertz CT molecular complexity index is 496. The Morgan fingerprint density at radius 2 is 2.00 bits per heavy atom. The van der Waals surface area contributed by atoms with E-state index in [2.05, 4.69) is 40.7 Å². The van der Waals surface area contributed by atoms with E-state index in [9.17, 15) is 5.11 Å². The SMILES string of the molecule is CCCO[C@@H]1C[C@H]2[C@](C)(CO)CCC[C@]2(C)[C@H]2CC[C@@H](C(C)C)C=C12. The van der Waals surface area contributed by atoms with Crippen LogP contribution in [0, 0.1) is 34.5 Å². The van der Waals surface area contributed by atoms with E-state index in [0.717, 1.165) is 25.4 Å². The minimum atomic E-state index is 0.0707. The molecule has 0 aromatic rings. The maximum Gasteiger partial charge on any atom is 0.0791 e. The van der Waals surface area contributed by atoms with Crippen molar-refractivity contribution in [3.63, 3.8) is 0 Å². The summed E-state index contributed by atoms with van der Waals surface area (Å²) in [5.41, 5.74) is 2.04. The van der Waals surface area contributed by atoms with Crippen molar-refractivity contribution in [1.29, 1.82) is 0 Å². The predicted molar refractivity (Wildman–Crippen MR) is 104 cm³/mol. The van der Waals surface area contributed by atoms with Crippen molar-refractivity contribution in [2.24, 2.45) is 34.5 Å². The molecule has 0 aromatic heterocycles. The van der Waals surface area contributed by atoms with Gasteiger partial charge in [0.1, 0.15) is 0 Å². The van der Waals surface area contributed by atoms with Crippen LogP contribution in [-0.4, -0.2) is 24.4 Å². The lowest BCUT2D eigenvalue weighted by molar-refractivity contribution is -0.122. The number of rotatable bonds is 5. The zero-order valence-electron chi connectivity index (χ0n) is 17.2. The maximum atomic E-state index is 10.2. The van der Waals surface area contributed by atoms with Crippen LogP contribution < -0.4 is 0 Å². The van der Waals surface area contributed by atoms with Crippen molar-refractivity contribution < 1.29 is 9.84 Å². The molecule has 0 saturated heterocycles. The second-order valence-corrected chi connectivity index (χ2v) is 10.0. The van der Waals surface area contributed by atoms with Gasteiger partial charge in [-0.1, -0.05) is 47.1 Å². The zero-order valence-corrected chi connectivity index (χ0v) is 17.2. The molecular weight excluding hydrogens is 308 g/mol. The van der Waals surface area contributed by atoms with Crippen LogP contribution in [0.4, 0.5) is 0 Å². The van der Waals surface area contributed by atoms with Crippen molar-refractivity contribution in [2.45, 2.75) is 85.7 Å². The summed E-state index contributed by atoms with van der Waals surface area (Å²) < 4.78 is 6.41. The number of hydrogen-bond acceptors (Lipinski definition) is 2. The van der Waals surface area contributed by atoms with Crippen LogP contribution in [-0.2, 0) is 4.74 Å². The molecule has 3 aliphatic rings. The van der Waals surface area contributed by atoms with Crippen molar-refractivity contribution in [2.75, 3.05) is 13.2 Å². The van der Waals surface area contributed by atoms with Gasteiger partial charge in [0.2, 0.25) is 0 Å². The van der Waals surface area contributed by atoms with Crippen molar-refractivity contribution in [3.8, 4) is 0 Å². The smallest absolute Gasteiger partial charge is 0.0791 e. The van der Waals surface area contributed by atoms with Gasteiger partial charge in [-0.15, -0.1) is 0 Å². The van der Waals surface area contributed by atoms with E-state index in [0.29, 0.717) is 29.8 Å². The minimum Gasteiger partial charge on any atom is -0.396 e. The van der Waals surface area contributed by atoms with E-state index in [-0.39, 0.29) is 11.5 Å². The summed E-state index contributed by atoms with van der Waals surface area (Å²) in [6.07, 6.45) is 11.5. The van der Waals surface area contributed by atoms with Gasteiger partial charge in [-0.2, -0.15) is 0 Å². The number of aliphatic hydroxyl groups is 1. The molecule has 2 nitrogen and oxygen atoms in total.